The van der Waals surface area contributed by atoms with Crippen molar-refractivity contribution in [2.75, 3.05) is 7.11 Å². The normalized spacial score (nSPS) is 10.6. The van der Waals surface area contributed by atoms with Crippen molar-refractivity contribution in [2.45, 2.75) is 32.9 Å². The minimum Gasteiger partial charge on any atom is -0.442 e. The molecule has 6 heteroatoms. The molecule has 0 bridgehead atoms. The number of carbonyl (C=O) groups is 2. The average molecular weight is 281 g/mol. The molecule has 1 rings (SSSR count). The predicted molar refractivity (Wildman–Crippen MR) is 71.7 cm³/mol. The smallest absolute Gasteiger partial charge is 0.442 e. The Kier molecular flexibility index (Phi) is 5.37. The van der Waals surface area contributed by atoms with E-state index in [4.69, 9.17) is 9.57 Å². The van der Waals surface area contributed by atoms with E-state index in [1.807, 2.05) is 18.2 Å². The van der Waals surface area contributed by atoms with Gasteiger partial charge in [-0.2, -0.15) is 0 Å². The van der Waals surface area contributed by atoms with Crippen molar-refractivity contribution < 1.29 is 23.9 Å². The lowest BCUT2D eigenvalue weighted by Gasteiger charge is -2.25. The van der Waals surface area contributed by atoms with Crippen LogP contribution in [-0.2, 0) is 20.9 Å². The van der Waals surface area contributed by atoms with Crippen molar-refractivity contribution in [3.8, 4) is 0 Å². The average Bonchev–Trinajstić information content (AvgIpc) is 2.37. The number of ether oxygens (including phenoxy) is 2. The lowest BCUT2D eigenvalue weighted by Crippen LogP contribution is -2.38. The Balaban J connectivity index is 2.79. The van der Waals surface area contributed by atoms with Crippen LogP contribution in [0.2, 0.25) is 0 Å². The Labute approximate surface area is 118 Å². The molecule has 0 N–H and O–H groups in total. The van der Waals surface area contributed by atoms with E-state index in [0.717, 1.165) is 17.7 Å². The highest BCUT2D eigenvalue weighted by Gasteiger charge is 2.26. The second-order valence-corrected chi connectivity index (χ2v) is 5.05. The number of hydrogen-bond acceptors (Lipinski definition) is 5. The number of amides is 1. The van der Waals surface area contributed by atoms with Crippen LogP contribution in [0, 0.1) is 0 Å². The van der Waals surface area contributed by atoms with Gasteiger partial charge in [0, 0.05) is 0 Å². The largest absolute Gasteiger partial charge is 0.533 e. The molecule has 0 heterocycles. The summed E-state index contributed by atoms with van der Waals surface area (Å²) in [4.78, 5) is 28.0. The molecule has 6 nitrogen and oxygen atoms in total. The van der Waals surface area contributed by atoms with Crippen LogP contribution in [0.5, 0.6) is 0 Å². The number of benzene rings is 1. The van der Waals surface area contributed by atoms with Gasteiger partial charge in [-0.1, -0.05) is 30.3 Å². The van der Waals surface area contributed by atoms with Gasteiger partial charge in [0.25, 0.3) is 0 Å². The molecule has 0 aliphatic carbocycles. The van der Waals surface area contributed by atoms with Crippen molar-refractivity contribution >= 4 is 12.2 Å². The third kappa shape index (κ3) is 5.60. The third-order valence-electron chi connectivity index (χ3n) is 2.12. The molecule has 0 saturated heterocycles. The molecule has 0 fully saturated rings. The van der Waals surface area contributed by atoms with Crippen molar-refractivity contribution in [2.24, 2.45) is 0 Å². The minimum absolute atomic E-state index is 0.0743. The van der Waals surface area contributed by atoms with Gasteiger partial charge in [0.15, 0.2) is 0 Å². The SMILES string of the molecule is COC(=O)ON(Cc1ccccc1)C(=O)OC(C)(C)C. The second kappa shape index (κ2) is 6.79. The number of hydrogen-bond donors (Lipinski definition) is 0. The molecule has 0 aliphatic rings. The molecule has 0 radical (unpaired) electrons. The van der Waals surface area contributed by atoms with E-state index in [-0.39, 0.29) is 6.54 Å². The van der Waals surface area contributed by atoms with Crippen LogP contribution in [0.3, 0.4) is 0 Å². The summed E-state index contributed by atoms with van der Waals surface area (Å²) in [6.07, 6.45) is -1.74. The van der Waals surface area contributed by atoms with Gasteiger partial charge >= 0.3 is 12.2 Å². The van der Waals surface area contributed by atoms with Gasteiger partial charge in [0.1, 0.15) is 5.60 Å². The number of nitrogens with zero attached hydrogens (tertiary/aromatic N) is 1. The van der Waals surface area contributed by atoms with Crippen LogP contribution in [0.1, 0.15) is 26.3 Å². The fourth-order valence-electron chi connectivity index (χ4n) is 1.32. The van der Waals surface area contributed by atoms with Crippen molar-refractivity contribution in [3.05, 3.63) is 35.9 Å². The molecule has 0 aromatic heterocycles. The van der Waals surface area contributed by atoms with E-state index in [2.05, 4.69) is 4.74 Å². The Morgan fingerprint density at radius 1 is 1.15 bits per heavy atom. The number of rotatable bonds is 2. The number of hydroxylamine groups is 2. The Bertz CT molecular complexity index is 452. The van der Waals surface area contributed by atoms with Crippen molar-refractivity contribution in [3.63, 3.8) is 0 Å². The van der Waals surface area contributed by atoms with E-state index >= 15 is 0 Å². The van der Waals surface area contributed by atoms with Gasteiger partial charge in [-0.15, -0.1) is 5.06 Å². The van der Waals surface area contributed by atoms with Gasteiger partial charge in [-0.25, -0.2) is 9.59 Å². The van der Waals surface area contributed by atoms with E-state index < -0.39 is 17.8 Å². The van der Waals surface area contributed by atoms with Crippen LogP contribution in [0.4, 0.5) is 9.59 Å². The zero-order chi connectivity index (χ0) is 15.2. The molecule has 0 unspecified atom stereocenters. The van der Waals surface area contributed by atoms with Crippen LogP contribution in [0.25, 0.3) is 0 Å². The maximum Gasteiger partial charge on any atom is 0.533 e. The fourth-order valence-corrected chi connectivity index (χ4v) is 1.32. The molecule has 0 saturated carbocycles. The zero-order valence-corrected chi connectivity index (χ0v) is 12.1. The number of carbonyl (C=O) groups excluding carboxylic acids is 2. The molecule has 1 aromatic rings. The molecular formula is C14H19NO5. The molecule has 0 atom stereocenters. The first-order valence-corrected chi connectivity index (χ1v) is 6.12. The summed E-state index contributed by atoms with van der Waals surface area (Å²) in [5, 5.41) is 0.826. The maximum absolute atomic E-state index is 12.0. The Morgan fingerprint density at radius 2 is 1.75 bits per heavy atom. The van der Waals surface area contributed by atoms with E-state index in [1.165, 1.54) is 0 Å². The highest BCUT2D eigenvalue weighted by molar-refractivity contribution is 5.69. The number of methoxy groups -OCH3 is 1. The van der Waals surface area contributed by atoms with Crippen molar-refractivity contribution in [1.82, 2.24) is 5.06 Å². The predicted octanol–water partition coefficient (Wildman–Crippen LogP) is 3.12. The molecule has 1 amide bonds. The Hall–Kier alpha value is -2.24. The standard InChI is InChI=1S/C14H19NO5/c1-14(2,3)19-12(16)15(20-13(17)18-4)10-11-8-6-5-7-9-11/h5-9H,10H2,1-4H3. The zero-order valence-electron chi connectivity index (χ0n) is 12.1. The fraction of sp³-hybridized carbons (Fsp3) is 0.429. The molecule has 0 spiro atoms. The molecule has 0 aliphatic heterocycles. The summed E-state index contributed by atoms with van der Waals surface area (Å²) < 4.78 is 9.56. The highest BCUT2D eigenvalue weighted by atomic mass is 16.8. The summed E-state index contributed by atoms with van der Waals surface area (Å²) in [6, 6.07) is 9.10. The van der Waals surface area contributed by atoms with E-state index in [1.54, 1.807) is 32.9 Å². The molecule has 1 aromatic carbocycles. The summed E-state index contributed by atoms with van der Waals surface area (Å²) in [7, 11) is 1.16. The van der Waals surface area contributed by atoms with Crippen LogP contribution in [0.15, 0.2) is 30.3 Å². The first-order valence-electron chi connectivity index (χ1n) is 6.12. The van der Waals surface area contributed by atoms with Gasteiger partial charge < -0.3 is 9.47 Å². The van der Waals surface area contributed by atoms with Gasteiger partial charge in [0.05, 0.1) is 13.7 Å². The first-order chi connectivity index (χ1) is 9.31. The molecule has 20 heavy (non-hydrogen) atoms. The molecular weight excluding hydrogens is 262 g/mol. The van der Waals surface area contributed by atoms with Gasteiger partial charge in [-0.3, -0.25) is 4.84 Å². The summed E-state index contributed by atoms with van der Waals surface area (Å²) in [5.41, 5.74) is 0.105. The molecule has 110 valence electrons. The summed E-state index contributed by atoms with van der Waals surface area (Å²) >= 11 is 0. The van der Waals surface area contributed by atoms with Gasteiger partial charge in [0.2, 0.25) is 0 Å². The second-order valence-electron chi connectivity index (χ2n) is 5.05. The Morgan fingerprint density at radius 3 is 2.25 bits per heavy atom. The van der Waals surface area contributed by atoms with Crippen LogP contribution >= 0.6 is 0 Å². The van der Waals surface area contributed by atoms with Crippen molar-refractivity contribution in [1.29, 1.82) is 0 Å². The van der Waals surface area contributed by atoms with Gasteiger partial charge in [-0.05, 0) is 26.3 Å². The summed E-state index contributed by atoms with van der Waals surface area (Å²) in [6.45, 7) is 5.25. The third-order valence-corrected chi connectivity index (χ3v) is 2.12. The highest BCUT2D eigenvalue weighted by Crippen LogP contribution is 2.13. The summed E-state index contributed by atoms with van der Waals surface area (Å²) in [5.74, 6) is 0. The van der Waals surface area contributed by atoms with E-state index in [0.29, 0.717) is 0 Å². The van der Waals surface area contributed by atoms with E-state index in [9.17, 15) is 9.59 Å². The minimum atomic E-state index is -0.980. The quantitative estimate of drug-likeness (QED) is 0.615. The first kappa shape index (κ1) is 15.8. The topological polar surface area (TPSA) is 65.1 Å². The lowest BCUT2D eigenvalue weighted by molar-refractivity contribution is -0.124. The lowest BCUT2D eigenvalue weighted by atomic mass is 10.2. The van der Waals surface area contributed by atoms with Crippen LogP contribution < -0.4 is 0 Å². The van der Waals surface area contributed by atoms with Crippen LogP contribution in [-0.4, -0.2) is 30.0 Å². The maximum atomic E-state index is 12.0. The monoisotopic (exact) mass is 281 g/mol.